The molecule has 1 atom stereocenters. The predicted octanol–water partition coefficient (Wildman–Crippen LogP) is 1.92. The summed E-state index contributed by atoms with van der Waals surface area (Å²) in [5.74, 6) is 0.264. The molecule has 0 heterocycles. The van der Waals surface area contributed by atoms with Gasteiger partial charge in [0, 0.05) is 13.2 Å². The SMILES string of the molecule is CCC(CO)CCNC(=O)OC(C)(C)C. The quantitative estimate of drug-likeness (QED) is 0.739. The topological polar surface area (TPSA) is 58.6 Å². The summed E-state index contributed by atoms with van der Waals surface area (Å²) >= 11 is 0. The zero-order valence-corrected chi connectivity index (χ0v) is 10.2. The molecule has 0 aliphatic heterocycles. The fraction of sp³-hybridized carbons (Fsp3) is 0.909. The van der Waals surface area contributed by atoms with Gasteiger partial charge in [-0.25, -0.2) is 4.79 Å². The number of nitrogens with one attached hydrogen (secondary N) is 1. The van der Waals surface area contributed by atoms with Crippen LogP contribution >= 0.6 is 0 Å². The highest BCUT2D eigenvalue weighted by Gasteiger charge is 2.15. The minimum Gasteiger partial charge on any atom is -0.444 e. The molecule has 0 saturated carbocycles. The van der Waals surface area contributed by atoms with Crippen LogP contribution in [0.15, 0.2) is 0 Å². The lowest BCUT2D eigenvalue weighted by molar-refractivity contribution is 0.0522. The first-order chi connectivity index (χ1) is 6.89. The van der Waals surface area contributed by atoms with E-state index in [2.05, 4.69) is 5.32 Å². The highest BCUT2D eigenvalue weighted by atomic mass is 16.6. The molecule has 0 aromatic rings. The molecule has 0 radical (unpaired) electrons. The lowest BCUT2D eigenvalue weighted by Gasteiger charge is -2.20. The molecule has 90 valence electrons. The summed E-state index contributed by atoms with van der Waals surface area (Å²) < 4.78 is 5.07. The van der Waals surface area contributed by atoms with Gasteiger partial charge in [-0.05, 0) is 33.1 Å². The summed E-state index contributed by atoms with van der Waals surface area (Å²) in [5, 5.41) is 11.6. The number of carbonyl (C=O) groups is 1. The Balaban J connectivity index is 3.64. The molecule has 2 N–H and O–H groups in total. The molecule has 0 aliphatic carbocycles. The molecular formula is C11H23NO3. The minimum absolute atomic E-state index is 0.173. The first kappa shape index (κ1) is 14.2. The maximum atomic E-state index is 11.2. The molecule has 4 heteroatoms. The van der Waals surface area contributed by atoms with E-state index in [1.165, 1.54) is 0 Å². The van der Waals surface area contributed by atoms with Gasteiger partial charge in [0.1, 0.15) is 5.60 Å². The number of ether oxygens (including phenoxy) is 1. The molecule has 0 rings (SSSR count). The van der Waals surface area contributed by atoms with Gasteiger partial charge in [-0.2, -0.15) is 0 Å². The van der Waals surface area contributed by atoms with Crippen molar-refractivity contribution in [2.45, 2.75) is 46.1 Å². The highest BCUT2D eigenvalue weighted by molar-refractivity contribution is 5.67. The van der Waals surface area contributed by atoms with Gasteiger partial charge in [0.2, 0.25) is 0 Å². The molecule has 1 amide bonds. The Hall–Kier alpha value is -0.770. The average molecular weight is 217 g/mol. The summed E-state index contributed by atoms with van der Waals surface area (Å²) in [6.45, 7) is 8.23. The van der Waals surface area contributed by atoms with Crippen molar-refractivity contribution in [1.82, 2.24) is 5.32 Å². The summed E-state index contributed by atoms with van der Waals surface area (Å²) in [6.07, 6.45) is 1.31. The lowest BCUT2D eigenvalue weighted by Crippen LogP contribution is -2.33. The summed E-state index contributed by atoms with van der Waals surface area (Å²) in [5.41, 5.74) is -0.453. The summed E-state index contributed by atoms with van der Waals surface area (Å²) in [4.78, 5) is 11.2. The largest absolute Gasteiger partial charge is 0.444 e. The Morgan fingerprint density at radius 3 is 2.47 bits per heavy atom. The molecule has 0 saturated heterocycles. The van der Waals surface area contributed by atoms with Crippen LogP contribution in [0.2, 0.25) is 0 Å². The van der Waals surface area contributed by atoms with E-state index in [0.717, 1.165) is 12.8 Å². The Labute approximate surface area is 92.0 Å². The fourth-order valence-electron chi connectivity index (χ4n) is 1.12. The second kappa shape index (κ2) is 6.67. The molecular weight excluding hydrogens is 194 g/mol. The molecule has 0 bridgehead atoms. The van der Waals surface area contributed by atoms with E-state index in [-0.39, 0.29) is 12.5 Å². The monoisotopic (exact) mass is 217 g/mol. The number of aliphatic hydroxyl groups is 1. The molecule has 0 fully saturated rings. The number of amides is 1. The van der Waals surface area contributed by atoms with E-state index in [0.29, 0.717) is 6.54 Å². The summed E-state index contributed by atoms with van der Waals surface area (Å²) in [7, 11) is 0. The maximum Gasteiger partial charge on any atom is 0.407 e. The predicted molar refractivity (Wildman–Crippen MR) is 59.7 cm³/mol. The van der Waals surface area contributed by atoms with Gasteiger partial charge < -0.3 is 15.2 Å². The number of rotatable bonds is 5. The number of hydrogen-bond donors (Lipinski definition) is 2. The van der Waals surface area contributed by atoms with Crippen LogP contribution in [0.25, 0.3) is 0 Å². The Kier molecular flexibility index (Phi) is 6.32. The second-order valence-electron chi connectivity index (χ2n) is 4.67. The number of aliphatic hydroxyl groups excluding tert-OH is 1. The maximum absolute atomic E-state index is 11.2. The number of alkyl carbamates (subject to hydrolysis) is 1. The molecule has 15 heavy (non-hydrogen) atoms. The van der Waals surface area contributed by atoms with E-state index >= 15 is 0 Å². The van der Waals surface area contributed by atoms with Crippen molar-refractivity contribution in [3.63, 3.8) is 0 Å². The smallest absolute Gasteiger partial charge is 0.407 e. The molecule has 0 aromatic carbocycles. The van der Waals surface area contributed by atoms with Crippen molar-refractivity contribution in [2.75, 3.05) is 13.2 Å². The highest BCUT2D eigenvalue weighted by Crippen LogP contribution is 2.08. The second-order valence-corrected chi connectivity index (χ2v) is 4.67. The first-order valence-electron chi connectivity index (χ1n) is 5.46. The molecule has 0 aromatic heterocycles. The van der Waals surface area contributed by atoms with Gasteiger partial charge in [0.15, 0.2) is 0 Å². The minimum atomic E-state index is -0.453. The van der Waals surface area contributed by atoms with Crippen LogP contribution in [-0.2, 0) is 4.74 Å². The first-order valence-corrected chi connectivity index (χ1v) is 5.46. The van der Waals surface area contributed by atoms with Crippen molar-refractivity contribution in [3.8, 4) is 0 Å². The zero-order chi connectivity index (χ0) is 11.9. The van der Waals surface area contributed by atoms with Crippen LogP contribution < -0.4 is 5.32 Å². The zero-order valence-electron chi connectivity index (χ0n) is 10.2. The van der Waals surface area contributed by atoms with Crippen LogP contribution in [0.4, 0.5) is 4.79 Å². The molecule has 1 unspecified atom stereocenters. The van der Waals surface area contributed by atoms with Crippen LogP contribution in [0.5, 0.6) is 0 Å². The van der Waals surface area contributed by atoms with Gasteiger partial charge >= 0.3 is 6.09 Å². The van der Waals surface area contributed by atoms with Crippen molar-refractivity contribution in [2.24, 2.45) is 5.92 Å². The Morgan fingerprint density at radius 2 is 2.07 bits per heavy atom. The Morgan fingerprint density at radius 1 is 1.47 bits per heavy atom. The van der Waals surface area contributed by atoms with Crippen LogP contribution in [-0.4, -0.2) is 30.0 Å². The van der Waals surface area contributed by atoms with E-state index in [1.54, 1.807) is 0 Å². The third-order valence-corrected chi connectivity index (χ3v) is 2.06. The molecule has 0 aliphatic rings. The van der Waals surface area contributed by atoms with E-state index < -0.39 is 11.7 Å². The normalized spacial score (nSPS) is 13.4. The average Bonchev–Trinajstić information content (AvgIpc) is 2.09. The van der Waals surface area contributed by atoms with Gasteiger partial charge in [-0.15, -0.1) is 0 Å². The van der Waals surface area contributed by atoms with Gasteiger partial charge in [0.25, 0.3) is 0 Å². The summed E-state index contributed by atoms with van der Waals surface area (Å²) in [6, 6.07) is 0. The van der Waals surface area contributed by atoms with Gasteiger partial charge in [0.05, 0.1) is 0 Å². The van der Waals surface area contributed by atoms with Crippen molar-refractivity contribution in [3.05, 3.63) is 0 Å². The molecule has 0 spiro atoms. The standard InChI is InChI=1S/C11H23NO3/c1-5-9(8-13)6-7-12-10(14)15-11(2,3)4/h9,13H,5-8H2,1-4H3,(H,12,14). The Bertz CT molecular complexity index is 183. The molecule has 4 nitrogen and oxygen atoms in total. The van der Waals surface area contributed by atoms with Crippen molar-refractivity contribution >= 4 is 6.09 Å². The van der Waals surface area contributed by atoms with Crippen LogP contribution in [0.3, 0.4) is 0 Å². The van der Waals surface area contributed by atoms with Gasteiger partial charge in [-0.1, -0.05) is 13.3 Å². The third-order valence-electron chi connectivity index (χ3n) is 2.06. The number of hydrogen-bond acceptors (Lipinski definition) is 3. The van der Waals surface area contributed by atoms with E-state index in [4.69, 9.17) is 9.84 Å². The van der Waals surface area contributed by atoms with Crippen molar-refractivity contribution < 1.29 is 14.6 Å². The van der Waals surface area contributed by atoms with Crippen LogP contribution in [0.1, 0.15) is 40.5 Å². The van der Waals surface area contributed by atoms with E-state index in [1.807, 2.05) is 27.7 Å². The third kappa shape index (κ3) is 8.24. The van der Waals surface area contributed by atoms with Crippen molar-refractivity contribution in [1.29, 1.82) is 0 Å². The number of carbonyl (C=O) groups excluding carboxylic acids is 1. The van der Waals surface area contributed by atoms with Crippen LogP contribution in [0, 0.1) is 5.92 Å². The fourth-order valence-corrected chi connectivity index (χ4v) is 1.12. The van der Waals surface area contributed by atoms with Gasteiger partial charge in [-0.3, -0.25) is 0 Å². The van der Waals surface area contributed by atoms with E-state index in [9.17, 15) is 4.79 Å². The lowest BCUT2D eigenvalue weighted by atomic mass is 10.0.